The van der Waals surface area contributed by atoms with Gasteiger partial charge in [0.1, 0.15) is 0 Å². The van der Waals surface area contributed by atoms with Crippen LogP contribution in [0.4, 0.5) is 4.79 Å². The van der Waals surface area contributed by atoms with Gasteiger partial charge >= 0.3 is 6.09 Å². The second-order valence-corrected chi connectivity index (χ2v) is 6.14. The monoisotopic (exact) mass is 265 g/mol. The molecule has 0 N–H and O–H groups in total. The predicted octanol–water partition coefficient (Wildman–Crippen LogP) is -0.433. The average molecular weight is 265 g/mol. The molecule has 0 saturated carbocycles. The Morgan fingerprint density at radius 1 is 1.18 bits per heavy atom. The number of ether oxygens (including phenoxy) is 1. The summed E-state index contributed by atoms with van der Waals surface area (Å²) in [5, 5.41) is 0. The molecule has 1 heterocycles. The molecule has 17 heavy (non-hydrogen) atoms. The van der Waals surface area contributed by atoms with Crippen LogP contribution in [0.25, 0.3) is 0 Å². The number of amides is 1. The third-order valence-corrected chi connectivity index (χ3v) is 4.62. The first-order valence-electron chi connectivity index (χ1n) is 5.40. The van der Waals surface area contributed by atoms with Crippen LogP contribution in [0.3, 0.4) is 0 Å². The van der Waals surface area contributed by atoms with Gasteiger partial charge < -0.3 is 9.64 Å². The number of carbonyl (C=O) groups is 1. The second kappa shape index (κ2) is 5.65. The molecule has 0 spiro atoms. The van der Waals surface area contributed by atoms with Crippen molar-refractivity contribution in [2.24, 2.45) is 0 Å². The van der Waals surface area contributed by atoms with Gasteiger partial charge in [0.15, 0.2) is 0 Å². The zero-order valence-corrected chi connectivity index (χ0v) is 11.2. The van der Waals surface area contributed by atoms with E-state index in [1.165, 1.54) is 34.7 Å². The van der Waals surface area contributed by atoms with Crippen molar-refractivity contribution >= 4 is 16.3 Å². The highest BCUT2D eigenvalue weighted by Crippen LogP contribution is 2.10. The fourth-order valence-electron chi connectivity index (χ4n) is 1.67. The summed E-state index contributed by atoms with van der Waals surface area (Å²) in [5.41, 5.74) is 0. The average Bonchev–Trinajstić information content (AvgIpc) is 2.53. The number of rotatable bonds is 2. The summed E-state index contributed by atoms with van der Waals surface area (Å²) in [6, 6.07) is 0. The van der Waals surface area contributed by atoms with E-state index in [4.69, 9.17) is 0 Å². The number of methoxy groups -OCH3 is 1. The minimum Gasteiger partial charge on any atom is -0.453 e. The molecule has 1 amide bonds. The van der Waals surface area contributed by atoms with Crippen LogP contribution in [-0.2, 0) is 14.9 Å². The van der Waals surface area contributed by atoms with Crippen LogP contribution in [0.1, 0.15) is 6.42 Å². The quantitative estimate of drug-likeness (QED) is 0.679. The zero-order chi connectivity index (χ0) is 13.1. The second-order valence-electron chi connectivity index (χ2n) is 4.00. The zero-order valence-electron chi connectivity index (χ0n) is 10.4. The minimum absolute atomic E-state index is 0.301. The number of hydrogen-bond donors (Lipinski definition) is 0. The molecule has 100 valence electrons. The van der Waals surface area contributed by atoms with E-state index in [0.717, 1.165) is 0 Å². The van der Waals surface area contributed by atoms with Crippen molar-refractivity contribution in [3.05, 3.63) is 0 Å². The highest BCUT2D eigenvalue weighted by molar-refractivity contribution is 7.86. The maximum absolute atomic E-state index is 11.9. The molecular formula is C9H19N3O4S. The lowest BCUT2D eigenvalue weighted by atomic mass is 10.4. The maximum atomic E-state index is 11.9. The van der Waals surface area contributed by atoms with Gasteiger partial charge in [0.05, 0.1) is 7.11 Å². The van der Waals surface area contributed by atoms with Gasteiger partial charge in [0, 0.05) is 40.3 Å². The van der Waals surface area contributed by atoms with Crippen molar-refractivity contribution in [1.82, 2.24) is 13.5 Å². The number of hydrogen-bond acceptors (Lipinski definition) is 4. The normalized spacial score (nSPS) is 19.2. The standard InChI is InChI=1S/C9H19N3O4S/c1-10(2)17(14,15)12-6-4-5-11(7-8-12)9(13)16-3/h4-8H2,1-3H3. The highest BCUT2D eigenvalue weighted by atomic mass is 32.2. The summed E-state index contributed by atoms with van der Waals surface area (Å²) in [7, 11) is 0.926. The molecule has 0 aromatic heterocycles. The van der Waals surface area contributed by atoms with Gasteiger partial charge in [0.25, 0.3) is 10.2 Å². The largest absolute Gasteiger partial charge is 0.453 e. The Kier molecular flexibility index (Phi) is 4.72. The van der Waals surface area contributed by atoms with Crippen LogP contribution in [0, 0.1) is 0 Å². The van der Waals surface area contributed by atoms with E-state index in [-0.39, 0.29) is 0 Å². The van der Waals surface area contributed by atoms with Gasteiger partial charge in [-0.3, -0.25) is 0 Å². The summed E-state index contributed by atoms with van der Waals surface area (Å²) in [6.45, 7) is 1.61. The molecule has 0 aromatic rings. The summed E-state index contributed by atoms with van der Waals surface area (Å²) >= 11 is 0. The molecule has 0 aromatic carbocycles. The first-order valence-corrected chi connectivity index (χ1v) is 6.79. The predicted molar refractivity (Wildman–Crippen MR) is 62.8 cm³/mol. The number of carbonyl (C=O) groups excluding carboxylic acids is 1. The Labute approximate surface area is 102 Å². The Balaban J connectivity index is 2.69. The molecule has 0 radical (unpaired) electrons. The highest BCUT2D eigenvalue weighted by Gasteiger charge is 2.28. The lowest BCUT2D eigenvalue weighted by Gasteiger charge is -2.23. The molecule has 1 rings (SSSR count). The molecule has 0 bridgehead atoms. The lowest BCUT2D eigenvalue weighted by Crippen LogP contribution is -2.42. The molecule has 1 aliphatic rings. The van der Waals surface area contributed by atoms with Crippen LogP contribution in [0.5, 0.6) is 0 Å². The maximum Gasteiger partial charge on any atom is 0.409 e. The Morgan fingerprint density at radius 3 is 2.35 bits per heavy atom. The van der Waals surface area contributed by atoms with Crippen molar-refractivity contribution in [2.75, 3.05) is 47.4 Å². The van der Waals surface area contributed by atoms with Crippen molar-refractivity contribution < 1.29 is 17.9 Å². The van der Waals surface area contributed by atoms with Crippen molar-refractivity contribution in [3.8, 4) is 0 Å². The Hall–Kier alpha value is -0.860. The smallest absolute Gasteiger partial charge is 0.409 e. The van der Waals surface area contributed by atoms with Gasteiger partial charge in [-0.25, -0.2) is 4.79 Å². The van der Waals surface area contributed by atoms with Crippen LogP contribution in [0.2, 0.25) is 0 Å². The van der Waals surface area contributed by atoms with Gasteiger partial charge in [0.2, 0.25) is 0 Å². The van der Waals surface area contributed by atoms with Gasteiger partial charge in [-0.15, -0.1) is 0 Å². The molecule has 0 atom stereocenters. The van der Waals surface area contributed by atoms with Crippen LogP contribution in [-0.4, -0.2) is 75.4 Å². The van der Waals surface area contributed by atoms with Gasteiger partial charge in [-0.2, -0.15) is 17.0 Å². The molecule has 1 fully saturated rings. The van der Waals surface area contributed by atoms with E-state index in [1.807, 2.05) is 0 Å². The van der Waals surface area contributed by atoms with Crippen molar-refractivity contribution in [1.29, 1.82) is 0 Å². The topological polar surface area (TPSA) is 70.2 Å². The van der Waals surface area contributed by atoms with E-state index in [9.17, 15) is 13.2 Å². The summed E-state index contributed by atoms with van der Waals surface area (Å²) < 4.78 is 31.0. The fourth-order valence-corrected chi connectivity index (χ4v) is 2.80. The van der Waals surface area contributed by atoms with Crippen molar-refractivity contribution in [3.63, 3.8) is 0 Å². The lowest BCUT2D eigenvalue weighted by molar-refractivity contribution is 0.125. The molecule has 0 unspecified atom stereocenters. The molecular weight excluding hydrogens is 246 g/mol. The molecule has 1 aliphatic heterocycles. The van der Waals surface area contributed by atoms with E-state index in [0.29, 0.717) is 32.6 Å². The molecule has 8 heteroatoms. The summed E-state index contributed by atoms with van der Waals surface area (Å²) in [6.07, 6.45) is 0.205. The first kappa shape index (κ1) is 14.2. The van der Waals surface area contributed by atoms with Crippen LogP contribution in [0.15, 0.2) is 0 Å². The third-order valence-electron chi connectivity index (χ3n) is 2.68. The fraction of sp³-hybridized carbons (Fsp3) is 0.889. The van der Waals surface area contributed by atoms with Gasteiger partial charge in [-0.05, 0) is 6.42 Å². The van der Waals surface area contributed by atoms with E-state index in [2.05, 4.69) is 4.74 Å². The SMILES string of the molecule is COC(=O)N1CCCN(S(=O)(=O)N(C)C)CC1. The molecule has 1 saturated heterocycles. The Morgan fingerprint density at radius 2 is 1.82 bits per heavy atom. The summed E-state index contributed by atoms with van der Waals surface area (Å²) in [4.78, 5) is 12.9. The van der Waals surface area contributed by atoms with Crippen LogP contribution < -0.4 is 0 Å². The first-order chi connectivity index (χ1) is 7.89. The molecule has 7 nitrogen and oxygen atoms in total. The van der Waals surface area contributed by atoms with E-state index < -0.39 is 16.3 Å². The van der Waals surface area contributed by atoms with Gasteiger partial charge in [-0.1, -0.05) is 0 Å². The molecule has 0 aliphatic carbocycles. The van der Waals surface area contributed by atoms with Crippen LogP contribution >= 0.6 is 0 Å². The third kappa shape index (κ3) is 3.30. The van der Waals surface area contributed by atoms with Crippen molar-refractivity contribution in [2.45, 2.75) is 6.42 Å². The number of nitrogens with zero attached hydrogens (tertiary/aromatic N) is 3. The Bertz CT molecular complexity index is 368. The minimum atomic E-state index is -3.39. The van der Waals surface area contributed by atoms with E-state index >= 15 is 0 Å². The summed E-state index contributed by atoms with van der Waals surface area (Å²) in [5.74, 6) is 0. The van der Waals surface area contributed by atoms with E-state index in [1.54, 1.807) is 0 Å².